The summed E-state index contributed by atoms with van der Waals surface area (Å²) in [5, 5.41) is 5.62. The van der Waals surface area contributed by atoms with Crippen LogP contribution in [-0.2, 0) is 47.0 Å². The van der Waals surface area contributed by atoms with E-state index in [-0.39, 0.29) is 50.5 Å². The van der Waals surface area contributed by atoms with Gasteiger partial charge in [0.2, 0.25) is 0 Å². The van der Waals surface area contributed by atoms with E-state index in [9.17, 15) is 0 Å². The van der Waals surface area contributed by atoms with Crippen molar-refractivity contribution < 1.29 is 23.3 Å². The minimum atomic E-state index is 0. The third kappa shape index (κ3) is 12.4. The molecule has 2 fully saturated rings. The van der Waals surface area contributed by atoms with Gasteiger partial charge < -0.3 is 14.9 Å². The van der Waals surface area contributed by atoms with Gasteiger partial charge in [-0.3, -0.25) is 0 Å². The fourth-order valence-electron chi connectivity index (χ4n) is 8.73. The third-order valence-electron chi connectivity index (χ3n) is 11.7. The van der Waals surface area contributed by atoms with Crippen LogP contribution in [0, 0.1) is 26.7 Å². The van der Waals surface area contributed by atoms with Gasteiger partial charge in [0.15, 0.2) is 0 Å². The standard InChI is InChI=1S/2C25H29.2CH3.2ClH.Si.Zr/c2*1-25(2,3)22-13-11-20(12-14-22)23-10-6-9-21-16-19(17-24(21)23)15-18-7-4-5-8-18;;;;;;/h2*6,9-14,16-18H,4-5,7-8,15H2,1-3H3;2*1H3;2*1H;;/q4*-1;;;;. The quantitative estimate of drug-likeness (QED) is 0.115. The van der Waals surface area contributed by atoms with E-state index in [1.165, 1.54) is 154 Å². The molecule has 0 bridgehead atoms. The molecule has 0 N–H and O–H groups in total. The zero-order chi connectivity index (χ0) is 36.9. The number of halogens is 2. The molecule has 300 valence electrons. The summed E-state index contributed by atoms with van der Waals surface area (Å²) in [6.07, 6.45) is 13.9. The first kappa shape index (κ1) is 49.9. The van der Waals surface area contributed by atoms with E-state index in [2.05, 4.69) is 158 Å². The summed E-state index contributed by atoms with van der Waals surface area (Å²) in [6.45, 7) is 16.7. The molecule has 0 saturated heterocycles. The zero-order valence-corrected chi connectivity index (χ0v) is 40.5. The van der Waals surface area contributed by atoms with E-state index in [0.29, 0.717) is 0 Å². The van der Waals surface area contributed by atoms with Crippen molar-refractivity contribution in [3.8, 4) is 22.3 Å². The van der Waals surface area contributed by atoms with Crippen molar-refractivity contribution in [3.63, 3.8) is 0 Å². The molecule has 0 unspecified atom stereocenters. The Kier molecular flexibility index (Phi) is 19.8. The first-order chi connectivity index (χ1) is 25.0. The van der Waals surface area contributed by atoms with E-state index < -0.39 is 0 Å². The molecule has 8 rings (SSSR count). The van der Waals surface area contributed by atoms with Gasteiger partial charge in [0.05, 0.1) is 0 Å². The fourth-order valence-corrected chi connectivity index (χ4v) is 8.73. The molecule has 2 saturated carbocycles. The predicted molar refractivity (Wildman–Crippen MR) is 252 cm³/mol. The molecule has 0 aromatic heterocycles. The molecule has 2 aliphatic carbocycles. The Balaban J connectivity index is 0.000000347. The molecule has 0 nitrogen and oxygen atoms in total. The zero-order valence-electron chi connectivity index (χ0n) is 35.4. The molecule has 6 aromatic rings. The van der Waals surface area contributed by atoms with Crippen molar-refractivity contribution in [1.29, 1.82) is 0 Å². The van der Waals surface area contributed by atoms with Crippen molar-refractivity contribution in [2.24, 2.45) is 11.8 Å². The second-order valence-corrected chi connectivity index (χ2v) is 17.7. The van der Waals surface area contributed by atoms with Crippen LogP contribution in [-0.4, -0.2) is 6.88 Å². The van der Waals surface area contributed by atoms with Crippen molar-refractivity contribution in [3.05, 3.63) is 146 Å². The van der Waals surface area contributed by atoms with Crippen molar-refractivity contribution >= 4 is 53.2 Å². The Morgan fingerprint density at radius 1 is 0.518 bits per heavy atom. The van der Waals surface area contributed by atoms with Crippen molar-refractivity contribution in [2.75, 3.05) is 0 Å². The molecule has 0 aliphatic heterocycles. The van der Waals surface area contributed by atoms with Gasteiger partial charge in [0, 0.05) is 0 Å². The summed E-state index contributed by atoms with van der Waals surface area (Å²) in [5.41, 5.74) is 11.7. The Morgan fingerprint density at radius 3 is 1.14 bits per heavy atom. The first-order valence-corrected chi connectivity index (χ1v) is 24.0. The topological polar surface area (TPSA) is 0 Å². The second kappa shape index (κ2) is 22.2. The Labute approximate surface area is 370 Å². The van der Waals surface area contributed by atoms with Crippen LogP contribution in [0.15, 0.2) is 109 Å². The molecule has 2 aliphatic rings. The van der Waals surface area contributed by atoms with Gasteiger partial charge in [-0.25, -0.2) is 0 Å². The fraction of sp³-hybridized carbons (Fsp3) is 0.385. The maximum atomic E-state index is 3.06. The van der Waals surface area contributed by atoms with E-state index in [1.54, 1.807) is 0 Å². The number of rotatable bonds is 6. The van der Waals surface area contributed by atoms with E-state index in [4.69, 9.17) is 0 Å². The molecular weight excluding hydrogens is 815 g/mol. The van der Waals surface area contributed by atoms with Gasteiger partial charge in [-0.1, -0.05) is 165 Å². The number of hydrogen-bond donors (Lipinski definition) is 0. The number of fused-ring (bicyclic) bond motifs is 2. The first-order valence-electron chi connectivity index (χ1n) is 19.8. The summed E-state index contributed by atoms with van der Waals surface area (Å²) < 4.78 is 0. The van der Waals surface area contributed by atoms with Crippen LogP contribution >= 0.6 is 24.8 Å². The SMILES string of the molecule is CC(C)(C)c1ccc(-c2cccc3[cH-]c(CC4CCCC4)cc23)cc1.CC(C)(C)c1ccc(-c2cccc3[cH-]c(CC4CCCC4)cc23)cc1.Cl.Cl.[CH3-].[CH3-].[Si]=[Zr]. The minimum absolute atomic E-state index is 0. The molecule has 0 amide bonds. The molecule has 0 spiro atoms. The van der Waals surface area contributed by atoms with Gasteiger partial charge in [-0.2, -0.15) is 12.1 Å². The Morgan fingerprint density at radius 2 is 0.839 bits per heavy atom. The average molecular weight is 881 g/mol. The maximum absolute atomic E-state index is 3.06. The Bertz CT molecular complexity index is 1890. The van der Waals surface area contributed by atoms with Crippen LogP contribution in [0.5, 0.6) is 0 Å². The van der Waals surface area contributed by atoms with Gasteiger partial charge >= 0.3 is 30.2 Å². The van der Waals surface area contributed by atoms with E-state index in [1.807, 2.05) is 0 Å². The molecule has 2 radical (unpaired) electrons. The summed E-state index contributed by atoms with van der Waals surface area (Å²) in [5.74, 6) is 1.82. The molecule has 0 heterocycles. The van der Waals surface area contributed by atoms with Gasteiger partial charge in [0.25, 0.3) is 0 Å². The summed E-state index contributed by atoms with van der Waals surface area (Å²) >= 11 is 1.36. The summed E-state index contributed by atoms with van der Waals surface area (Å²) in [4.78, 5) is 0. The van der Waals surface area contributed by atoms with Crippen LogP contribution in [0.1, 0.15) is 115 Å². The van der Waals surface area contributed by atoms with Crippen LogP contribution in [0.3, 0.4) is 0 Å². The van der Waals surface area contributed by atoms with Crippen molar-refractivity contribution in [2.45, 2.75) is 117 Å². The van der Waals surface area contributed by atoms with Crippen LogP contribution in [0.25, 0.3) is 43.8 Å². The Hall–Kier alpha value is -2.22. The van der Waals surface area contributed by atoms with Gasteiger partial charge in [-0.15, -0.1) is 93.9 Å². The molecule has 4 heteroatoms. The van der Waals surface area contributed by atoms with Crippen LogP contribution in [0.2, 0.25) is 0 Å². The number of hydrogen-bond acceptors (Lipinski definition) is 0. The molecule has 6 aromatic carbocycles. The molecular formula is C52H66Cl2SiZr-4. The number of benzene rings is 4. The van der Waals surface area contributed by atoms with E-state index in [0.717, 1.165) is 11.8 Å². The van der Waals surface area contributed by atoms with Crippen molar-refractivity contribution in [1.82, 2.24) is 0 Å². The molecule has 56 heavy (non-hydrogen) atoms. The van der Waals surface area contributed by atoms with Crippen LogP contribution in [0.4, 0.5) is 0 Å². The third-order valence-corrected chi connectivity index (χ3v) is 11.7. The van der Waals surface area contributed by atoms with Crippen LogP contribution < -0.4 is 0 Å². The summed E-state index contributed by atoms with van der Waals surface area (Å²) in [6, 6.07) is 41.5. The van der Waals surface area contributed by atoms with Gasteiger partial charge in [0.1, 0.15) is 0 Å². The normalized spacial score (nSPS) is 14.3. The van der Waals surface area contributed by atoms with E-state index >= 15 is 0 Å². The average Bonchev–Trinajstić information content (AvgIpc) is 3.97. The monoisotopic (exact) mass is 878 g/mol. The predicted octanol–water partition coefficient (Wildman–Crippen LogP) is 15.9. The summed E-state index contributed by atoms with van der Waals surface area (Å²) in [7, 11) is 0. The second-order valence-electron chi connectivity index (χ2n) is 17.7. The molecule has 0 atom stereocenters. The van der Waals surface area contributed by atoms with Gasteiger partial charge in [-0.05, 0) is 57.8 Å².